The molecule has 2 aliphatic heterocycles. The fourth-order valence-electron chi connectivity index (χ4n) is 6.46. The zero-order valence-corrected chi connectivity index (χ0v) is 28.5. The second kappa shape index (κ2) is 14.6. The zero-order valence-electron chi connectivity index (χ0n) is 26.9. The normalized spacial score (nSPS) is 17.4. The fourth-order valence-corrected chi connectivity index (χ4v) is 7.12. The zero-order chi connectivity index (χ0) is 33.9. The third kappa shape index (κ3) is 7.28. The molecule has 7 rings (SSSR count). The van der Waals surface area contributed by atoms with Crippen molar-refractivity contribution in [1.82, 2.24) is 31.2 Å². The van der Waals surface area contributed by atoms with Crippen molar-refractivity contribution in [3.05, 3.63) is 88.2 Å². The van der Waals surface area contributed by atoms with Crippen LogP contribution in [0.4, 0.5) is 0 Å². The van der Waals surface area contributed by atoms with Crippen LogP contribution < -0.4 is 26.0 Å². The number of carbonyl (C=O) groups excluding carboxylic acids is 2. The van der Waals surface area contributed by atoms with E-state index in [1.165, 1.54) is 0 Å². The molecule has 2 fully saturated rings. The molecule has 5 aromatic rings. The van der Waals surface area contributed by atoms with Gasteiger partial charge in [0.2, 0.25) is 23.4 Å². The number of pyridine rings is 2. The van der Waals surface area contributed by atoms with Gasteiger partial charge in [-0.25, -0.2) is 9.97 Å². The highest BCUT2D eigenvalue weighted by atomic mass is 35.5. The van der Waals surface area contributed by atoms with Crippen LogP contribution in [0.15, 0.2) is 71.3 Å². The Labute approximate surface area is 293 Å². The van der Waals surface area contributed by atoms with Crippen molar-refractivity contribution in [2.24, 2.45) is 0 Å². The van der Waals surface area contributed by atoms with E-state index in [4.69, 9.17) is 37.3 Å². The second-order valence-corrected chi connectivity index (χ2v) is 13.2. The van der Waals surface area contributed by atoms with Crippen LogP contribution in [0.1, 0.15) is 37.0 Å². The van der Waals surface area contributed by atoms with Gasteiger partial charge in [-0.2, -0.15) is 0 Å². The lowest BCUT2D eigenvalue weighted by atomic mass is 9.97. The van der Waals surface area contributed by atoms with Gasteiger partial charge in [0.15, 0.2) is 0 Å². The third-order valence-electron chi connectivity index (χ3n) is 9.00. The Hall–Kier alpha value is -4.48. The number of hydrogen-bond acceptors (Lipinski definition) is 8. The number of benzene rings is 2. The fraction of sp³-hybridized carbons (Fsp3) is 0.297. The van der Waals surface area contributed by atoms with Crippen molar-refractivity contribution in [1.29, 1.82) is 0 Å². The summed E-state index contributed by atoms with van der Waals surface area (Å²) in [5.41, 5.74) is 6.12. The predicted octanol–water partition coefficient (Wildman–Crippen LogP) is 6.28. The first-order chi connectivity index (χ1) is 23.9. The summed E-state index contributed by atoms with van der Waals surface area (Å²) in [6, 6.07) is 19.9. The summed E-state index contributed by atoms with van der Waals surface area (Å²) in [6.07, 6.45) is 4.59. The maximum Gasteiger partial charge on any atom is 0.226 e. The quantitative estimate of drug-likeness (QED) is 0.120. The Morgan fingerprint density at radius 2 is 1.47 bits per heavy atom. The highest BCUT2D eigenvalue weighted by molar-refractivity contribution is 6.39. The first-order valence-electron chi connectivity index (χ1n) is 16.4. The van der Waals surface area contributed by atoms with Crippen molar-refractivity contribution in [3.8, 4) is 39.4 Å². The van der Waals surface area contributed by atoms with Gasteiger partial charge in [0, 0.05) is 89.5 Å². The summed E-state index contributed by atoms with van der Waals surface area (Å²) in [6.45, 7) is 2.45. The van der Waals surface area contributed by atoms with Gasteiger partial charge < -0.3 is 30.4 Å². The average molecular weight is 700 g/mol. The Kier molecular flexibility index (Phi) is 9.81. The van der Waals surface area contributed by atoms with E-state index >= 15 is 0 Å². The Morgan fingerprint density at radius 1 is 0.837 bits per heavy atom. The molecule has 2 aliphatic rings. The number of hydrogen-bond donors (Lipinski definition) is 4. The minimum atomic E-state index is 0.0995. The monoisotopic (exact) mass is 698 g/mol. The summed E-state index contributed by atoms with van der Waals surface area (Å²) in [4.78, 5) is 32.3. The highest BCUT2D eigenvalue weighted by Gasteiger charge is 2.22. The largest absolute Gasteiger partial charge is 0.481 e. The maximum absolute atomic E-state index is 11.5. The Morgan fingerprint density at radius 3 is 2.12 bits per heavy atom. The molecule has 2 amide bonds. The number of halogens is 2. The van der Waals surface area contributed by atoms with E-state index in [1.807, 2.05) is 60.7 Å². The molecule has 5 heterocycles. The topological polar surface area (TPSA) is 130 Å². The van der Waals surface area contributed by atoms with E-state index < -0.39 is 0 Å². The molecule has 0 spiro atoms. The van der Waals surface area contributed by atoms with Gasteiger partial charge in [-0.05, 0) is 31.0 Å². The van der Waals surface area contributed by atoms with Crippen LogP contribution in [-0.4, -0.2) is 54.1 Å². The molecule has 49 heavy (non-hydrogen) atoms. The van der Waals surface area contributed by atoms with Crippen molar-refractivity contribution in [2.75, 3.05) is 20.2 Å². The number of carbonyl (C=O) groups is 2. The van der Waals surface area contributed by atoms with Gasteiger partial charge in [0.05, 0.1) is 29.4 Å². The van der Waals surface area contributed by atoms with Gasteiger partial charge in [-0.1, -0.05) is 65.7 Å². The lowest BCUT2D eigenvalue weighted by molar-refractivity contribution is -0.120. The standard InChI is InChI=1S/C37H36Cl2N6O4/c1-48-37-21(16-40-18-24-9-12-32(46)43-24)8-11-31(45-37)30-7-3-6-29(35(30)39)28-5-2-4-27(34(28)38)23-14-22-15-26(49-36(22)42-17-23)20-41-19-25-10-13-33(47)44-25/h2-8,11,14-15,17,24-25,40-41H,9-10,12-13,16,18-20H2,1H3,(H,43,46)(H,44,47)/t24-,25+/m1/s1. The molecular formula is C37H36Cl2N6O4. The SMILES string of the molecule is COc1nc(-c2cccc(-c3cccc(-c4cnc5oc(CNC[C@@H]6CCC(=O)N6)cc5c4)c3Cl)c2Cl)ccc1CNC[C@H]1CCC(=O)N1. The number of nitrogens with one attached hydrogen (secondary N) is 4. The van der Waals surface area contributed by atoms with Crippen LogP contribution in [0, 0.1) is 0 Å². The van der Waals surface area contributed by atoms with Crippen molar-refractivity contribution in [2.45, 2.75) is 50.9 Å². The van der Waals surface area contributed by atoms with E-state index in [9.17, 15) is 9.59 Å². The number of fused-ring (bicyclic) bond motifs is 1. The smallest absolute Gasteiger partial charge is 0.226 e. The van der Waals surface area contributed by atoms with E-state index in [2.05, 4.69) is 26.3 Å². The molecule has 12 heteroatoms. The van der Waals surface area contributed by atoms with Crippen LogP contribution in [0.25, 0.3) is 44.6 Å². The minimum Gasteiger partial charge on any atom is -0.481 e. The van der Waals surface area contributed by atoms with Crippen LogP contribution in [0.3, 0.4) is 0 Å². The van der Waals surface area contributed by atoms with E-state index in [1.54, 1.807) is 13.3 Å². The number of methoxy groups -OCH3 is 1. The molecule has 0 radical (unpaired) electrons. The molecule has 2 saturated heterocycles. The lowest BCUT2D eigenvalue weighted by Crippen LogP contribution is -2.35. The molecule has 3 aromatic heterocycles. The lowest BCUT2D eigenvalue weighted by Gasteiger charge is -2.15. The van der Waals surface area contributed by atoms with E-state index in [0.717, 1.165) is 57.4 Å². The Bertz CT molecular complexity index is 2030. The van der Waals surface area contributed by atoms with E-state index in [0.29, 0.717) is 66.4 Å². The second-order valence-electron chi connectivity index (χ2n) is 12.4. The molecule has 0 unspecified atom stereocenters. The number of aromatic nitrogens is 2. The summed E-state index contributed by atoms with van der Waals surface area (Å²) in [5.74, 6) is 1.47. The van der Waals surface area contributed by atoms with Gasteiger partial charge in [-0.15, -0.1) is 0 Å². The van der Waals surface area contributed by atoms with Crippen molar-refractivity contribution in [3.63, 3.8) is 0 Å². The Balaban J connectivity index is 1.09. The van der Waals surface area contributed by atoms with E-state index in [-0.39, 0.29) is 23.9 Å². The number of furan rings is 1. The first kappa shape index (κ1) is 33.0. The minimum absolute atomic E-state index is 0.0995. The summed E-state index contributed by atoms with van der Waals surface area (Å²) in [7, 11) is 1.60. The summed E-state index contributed by atoms with van der Waals surface area (Å²) in [5, 5.41) is 14.6. The maximum atomic E-state index is 11.5. The predicted molar refractivity (Wildman–Crippen MR) is 190 cm³/mol. The summed E-state index contributed by atoms with van der Waals surface area (Å²) >= 11 is 14.2. The molecule has 0 saturated carbocycles. The molecule has 0 aliphatic carbocycles. The molecule has 252 valence electrons. The van der Waals surface area contributed by atoms with Gasteiger partial charge in [0.1, 0.15) is 5.76 Å². The van der Waals surface area contributed by atoms with Gasteiger partial charge >= 0.3 is 0 Å². The molecular weight excluding hydrogens is 663 g/mol. The molecule has 2 atom stereocenters. The number of rotatable bonds is 12. The molecule has 2 aromatic carbocycles. The highest BCUT2D eigenvalue weighted by Crippen LogP contribution is 2.42. The van der Waals surface area contributed by atoms with Crippen LogP contribution in [0.5, 0.6) is 5.88 Å². The molecule has 0 bridgehead atoms. The first-order valence-corrected chi connectivity index (χ1v) is 17.1. The number of nitrogens with zero attached hydrogens (tertiary/aromatic N) is 2. The third-order valence-corrected chi connectivity index (χ3v) is 9.81. The number of ether oxygens (including phenoxy) is 1. The van der Waals surface area contributed by atoms with Crippen molar-refractivity contribution < 1.29 is 18.7 Å². The number of amides is 2. The summed E-state index contributed by atoms with van der Waals surface area (Å²) < 4.78 is 11.6. The van der Waals surface area contributed by atoms with Crippen LogP contribution in [0.2, 0.25) is 10.0 Å². The molecule has 10 nitrogen and oxygen atoms in total. The molecule has 4 N–H and O–H groups in total. The van der Waals surface area contributed by atoms with Crippen LogP contribution in [-0.2, 0) is 22.7 Å². The van der Waals surface area contributed by atoms with Gasteiger partial charge in [-0.3, -0.25) is 9.59 Å². The van der Waals surface area contributed by atoms with Gasteiger partial charge in [0.25, 0.3) is 0 Å². The van der Waals surface area contributed by atoms with Crippen molar-refractivity contribution >= 4 is 46.1 Å². The average Bonchev–Trinajstić information content (AvgIpc) is 3.84. The van der Waals surface area contributed by atoms with Crippen LogP contribution >= 0.6 is 23.2 Å².